The van der Waals surface area contributed by atoms with E-state index < -0.39 is 0 Å². The largest absolute Gasteiger partial charge is 0.382 e. The van der Waals surface area contributed by atoms with Crippen molar-refractivity contribution in [2.75, 3.05) is 23.7 Å². The molecule has 0 bridgehead atoms. The van der Waals surface area contributed by atoms with Crippen molar-refractivity contribution in [3.63, 3.8) is 0 Å². The van der Waals surface area contributed by atoms with Gasteiger partial charge in [-0.05, 0) is 30.9 Å². The minimum absolute atomic E-state index is 0.489. The highest BCUT2D eigenvalue weighted by Crippen LogP contribution is 2.22. The van der Waals surface area contributed by atoms with Crippen molar-refractivity contribution in [1.29, 1.82) is 0 Å². The van der Waals surface area contributed by atoms with E-state index in [1.165, 1.54) is 19.3 Å². The van der Waals surface area contributed by atoms with E-state index in [0.29, 0.717) is 5.82 Å². The molecule has 1 unspecified atom stereocenters. The van der Waals surface area contributed by atoms with Crippen molar-refractivity contribution in [2.24, 2.45) is 5.92 Å². The van der Waals surface area contributed by atoms with Gasteiger partial charge in [0.15, 0.2) is 5.82 Å². The van der Waals surface area contributed by atoms with Crippen LogP contribution in [0.25, 0.3) is 0 Å². The number of hydrogen-bond donors (Lipinski definition) is 1. The number of piperidine rings is 1. The summed E-state index contributed by atoms with van der Waals surface area (Å²) >= 11 is 0. The molecule has 1 aromatic heterocycles. The average Bonchev–Trinajstić information content (AvgIpc) is 2.30. The maximum Gasteiger partial charge on any atom is 0.151 e. The topological polar surface area (TPSA) is 55.0 Å². The van der Waals surface area contributed by atoms with Gasteiger partial charge in [-0.3, -0.25) is 0 Å². The van der Waals surface area contributed by atoms with E-state index in [2.05, 4.69) is 22.0 Å². The van der Waals surface area contributed by atoms with Gasteiger partial charge in [-0.25, -0.2) is 0 Å². The molecule has 1 aliphatic rings. The molecule has 4 heteroatoms. The van der Waals surface area contributed by atoms with Gasteiger partial charge in [0, 0.05) is 13.1 Å². The highest BCUT2D eigenvalue weighted by Gasteiger charge is 2.19. The number of rotatable bonds is 2. The zero-order chi connectivity index (χ0) is 10.7. The summed E-state index contributed by atoms with van der Waals surface area (Å²) in [7, 11) is 0. The predicted octanol–water partition coefficient (Wildman–Crippen LogP) is 1.69. The minimum atomic E-state index is 0.489. The maximum absolute atomic E-state index is 5.52. The molecule has 15 heavy (non-hydrogen) atoms. The fraction of sp³-hybridized carbons (Fsp3) is 0.636. The molecule has 0 amide bonds. The van der Waals surface area contributed by atoms with Gasteiger partial charge in [-0.2, -0.15) is 0 Å². The van der Waals surface area contributed by atoms with Crippen molar-refractivity contribution in [3.8, 4) is 0 Å². The van der Waals surface area contributed by atoms with Gasteiger partial charge in [0.05, 0.1) is 0 Å². The first-order valence-electron chi connectivity index (χ1n) is 5.63. The minimum Gasteiger partial charge on any atom is -0.382 e. The highest BCUT2D eigenvalue weighted by molar-refractivity contribution is 5.41. The van der Waals surface area contributed by atoms with Crippen molar-refractivity contribution < 1.29 is 0 Å². The van der Waals surface area contributed by atoms with Crippen LogP contribution in [0, 0.1) is 5.92 Å². The average molecular weight is 206 g/mol. The molecule has 2 rings (SSSR count). The van der Waals surface area contributed by atoms with Crippen molar-refractivity contribution in [1.82, 2.24) is 10.2 Å². The quantitative estimate of drug-likeness (QED) is 0.800. The lowest BCUT2D eigenvalue weighted by Crippen LogP contribution is -2.35. The second kappa shape index (κ2) is 4.47. The Labute approximate surface area is 90.5 Å². The Morgan fingerprint density at radius 2 is 2.33 bits per heavy atom. The summed E-state index contributed by atoms with van der Waals surface area (Å²) < 4.78 is 0. The summed E-state index contributed by atoms with van der Waals surface area (Å²) in [5.74, 6) is 2.25. The van der Waals surface area contributed by atoms with E-state index in [0.717, 1.165) is 24.8 Å². The number of nitrogen functional groups attached to an aromatic ring is 1. The van der Waals surface area contributed by atoms with Crippen LogP contribution in [0.4, 0.5) is 11.6 Å². The Morgan fingerprint density at radius 3 is 3.00 bits per heavy atom. The molecule has 1 fully saturated rings. The Morgan fingerprint density at radius 1 is 1.47 bits per heavy atom. The van der Waals surface area contributed by atoms with Crippen LogP contribution in [0.5, 0.6) is 0 Å². The number of nitrogens with two attached hydrogens (primary N) is 1. The van der Waals surface area contributed by atoms with E-state index in [1.807, 2.05) is 12.1 Å². The Balaban J connectivity index is 2.06. The Kier molecular flexibility index (Phi) is 3.04. The first-order valence-corrected chi connectivity index (χ1v) is 5.63. The first kappa shape index (κ1) is 10.2. The molecule has 0 aliphatic carbocycles. The van der Waals surface area contributed by atoms with Crippen LogP contribution >= 0.6 is 0 Å². The van der Waals surface area contributed by atoms with Gasteiger partial charge >= 0.3 is 0 Å². The first-order chi connectivity index (χ1) is 7.29. The molecule has 1 saturated heterocycles. The van der Waals surface area contributed by atoms with E-state index in [4.69, 9.17) is 5.73 Å². The monoisotopic (exact) mass is 206 g/mol. The molecule has 1 aliphatic heterocycles. The highest BCUT2D eigenvalue weighted by atomic mass is 15.3. The lowest BCUT2D eigenvalue weighted by Gasteiger charge is -2.32. The van der Waals surface area contributed by atoms with Gasteiger partial charge in [0.25, 0.3) is 0 Å². The molecular weight excluding hydrogens is 188 g/mol. The molecule has 0 spiro atoms. The second-order valence-electron chi connectivity index (χ2n) is 4.18. The number of aromatic nitrogens is 2. The lowest BCUT2D eigenvalue weighted by atomic mass is 9.96. The fourth-order valence-corrected chi connectivity index (χ4v) is 2.11. The van der Waals surface area contributed by atoms with E-state index in [9.17, 15) is 0 Å². The van der Waals surface area contributed by atoms with Crippen molar-refractivity contribution in [2.45, 2.75) is 26.2 Å². The third-order valence-corrected chi connectivity index (χ3v) is 3.09. The van der Waals surface area contributed by atoms with Crippen LogP contribution in [0.3, 0.4) is 0 Å². The van der Waals surface area contributed by atoms with Crippen molar-refractivity contribution in [3.05, 3.63) is 12.1 Å². The van der Waals surface area contributed by atoms with Crippen LogP contribution in [0.1, 0.15) is 26.2 Å². The molecule has 0 aromatic carbocycles. The lowest BCUT2D eigenvalue weighted by molar-refractivity contribution is 0.402. The Hall–Kier alpha value is -1.32. The van der Waals surface area contributed by atoms with Gasteiger partial charge < -0.3 is 10.6 Å². The molecule has 82 valence electrons. The zero-order valence-electron chi connectivity index (χ0n) is 9.19. The van der Waals surface area contributed by atoms with Crippen molar-refractivity contribution >= 4 is 11.6 Å². The molecule has 2 heterocycles. The summed E-state index contributed by atoms with van der Waals surface area (Å²) in [5.41, 5.74) is 5.52. The summed E-state index contributed by atoms with van der Waals surface area (Å²) in [6.07, 6.45) is 3.85. The summed E-state index contributed by atoms with van der Waals surface area (Å²) in [5, 5.41) is 8.01. The summed E-state index contributed by atoms with van der Waals surface area (Å²) in [6, 6.07) is 3.78. The third kappa shape index (κ3) is 2.37. The fourth-order valence-electron chi connectivity index (χ4n) is 2.11. The molecule has 4 nitrogen and oxygen atoms in total. The van der Waals surface area contributed by atoms with E-state index in [-0.39, 0.29) is 0 Å². The van der Waals surface area contributed by atoms with Gasteiger partial charge in [0.2, 0.25) is 0 Å². The van der Waals surface area contributed by atoms with Crippen LogP contribution in [-0.4, -0.2) is 23.3 Å². The smallest absolute Gasteiger partial charge is 0.151 e. The maximum atomic E-state index is 5.52. The summed E-state index contributed by atoms with van der Waals surface area (Å²) in [4.78, 5) is 2.31. The third-order valence-electron chi connectivity index (χ3n) is 3.09. The molecular formula is C11H18N4. The van der Waals surface area contributed by atoms with Gasteiger partial charge in [-0.15, -0.1) is 10.2 Å². The second-order valence-corrected chi connectivity index (χ2v) is 4.18. The van der Waals surface area contributed by atoms with Crippen LogP contribution in [-0.2, 0) is 0 Å². The summed E-state index contributed by atoms with van der Waals surface area (Å²) in [6.45, 7) is 4.45. The van der Waals surface area contributed by atoms with E-state index in [1.54, 1.807) is 0 Å². The predicted molar refractivity (Wildman–Crippen MR) is 61.7 cm³/mol. The van der Waals surface area contributed by atoms with Crippen LogP contribution in [0.2, 0.25) is 0 Å². The Bertz CT molecular complexity index is 309. The van der Waals surface area contributed by atoms with Crippen LogP contribution in [0.15, 0.2) is 12.1 Å². The SMILES string of the molecule is CCC1CCCN(c2ccc(N)nn2)C1. The normalized spacial score (nSPS) is 21.7. The number of anilines is 2. The molecule has 0 radical (unpaired) electrons. The molecule has 1 atom stereocenters. The van der Waals surface area contributed by atoms with Gasteiger partial charge in [-0.1, -0.05) is 13.3 Å². The van der Waals surface area contributed by atoms with Crippen LogP contribution < -0.4 is 10.6 Å². The molecule has 0 saturated carbocycles. The number of hydrogen-bond acceptors (Lipinski definition) is 4. The van der Waals surface area contributed by atoms with Gasteiger partial charge in [0.1, 0.15) is 5.82 Å². The standard InChI is InChI=1S/C11H18N4/c1-2-9-4-3-7-15(8-9)11-6-5-10(12)13-14-11/h5-6,9H,2-4,7-8H2,1H3,(H2,12,13). The molecule has 2 N–H and O–H groups in total. The zero-order valence-corrected chi connectivity index (χ0v) is 9.19. The number of nitrogens with zero attached hydrogens (tertiary/aromatic N) is 3. The van der Waals surface area contributed by atoms with E-state index >= 15 is 0 Å². The molecule has 1 aromatic rings.